The molecule has 26 heavy (non-hydrogen) atoms. The third kappa shape index (κ3) is 4.83. The molecule has 2 saturated heterocycles. The number of thioether (sulfide) groups is 1. The Morgan fingerprint density at radius 1 is 1.00 bits per heavy atom. The van der Waals surface area contributed by atoms with Crippen LogP contribution >= 0.6 is 11.8 Å². The molecule has 0 aromatic heterocycles. The maximum atomic E-state index is 6.02. The molecule has 0 amide bonds. The largest absolute Gasteiger partial charge is 0.381 e. The van der Waals surface area contributed by atoms with Gasteiger partial charge >= 0.3 is 0 Å². The lowest BCUT2D eigenvalue weighted by Gasteiger charge is -2.26. The van der Waals surface area contributed by atoms with Crippen LogP contribution in [0, 0.1) is 17.8 Å². The summed E-state index contributed by atoms with van der Waals surface area (Å²) >= 11 is 1.82. The average Bonchev–Trinajstić information content (AvgIpc) is 3.14. The lowest BCUT2D eigenvalue weighted by molar-refractivity contribution is 0.0967. The molecule has 2 heterocycles. The highest BCUT2D eigenvalue weighted by Gasteiger charge is 2.55. The van der Waals surface area contributed by atoms with Crippen LogP contribution in [0.5, 0.6) is 0 Å². The quantitative estimate of drug-likeness (QED) is 0.480. The smallest absolute Gasteiger partial charge is 0.0500 e. The van der Waals surface area contributed by atoms with Crippen LogP contribution in [0.4, 0.5) is 0 Å². The fourth-order valence-corrected chi connectivity index (χ4v) is 5.30. The van der Waals surface area contributed by atoms with Gasteiger partial charge in [-0.15, -0.1) is 11.8 Å². The number of likely N-dealkylation sites (tertiary alicyclic amines) is 2. The van der Waals surface area contributed by atoms with E-state index in [0.29, 0.717) is 0 Å². The molecule has 0 bridgehead atoms. The average molecular weight is 375 g/mol. The molecule has 1 aliphatic carbocycles. The van der Waals surface area contributed by atoms with Crippen molar-refractivity contribution in [3.8, 4) is 0 Å². The van der Waals surface area contributed by atoms with Crippen molar-refractivity contribution >= 4 is 11.8 Å². The normalized spacial score (nSPS) is 29.0. The number of ether oxygens (including phenoxy) is 1. The topological polar surface area (TPSA) is 15.7 Å². The van der Waals surface area contributed by atoms with E-state index in [-0.39, 0.29) is 0 Å². The van der Waals surface area contributed by atoms with Gasteiger partial charge in [0.25, 0.3) is 0 Å². The summed E-state index contributed by atoms with van der Waals surface area (Å²) in [7, 11) is 0. The van der Waals surface area contributed by atoms with E-state index < -0.39 is 0 Å². The zero-order chi connectivity index (χ0) is 17.8. The second kappa shape index (κ2) is 9.09. The summed E-state index contributed by atoms with van der Waals surface area (Å²) in [5, 5.41) is 0. The zero-order valence-electron chi connectivity index (χ0n) is 16.2. The van der Waals surface area contributed by atoms with Gasteiger partial charge in [-0.2, -0.15) is 0 Å². The SMILES string of the molecule is CSc1ccc(CN2C[C@@H]3[C@@H](COCCCN4CCCCC4)[C@@H]3C2)cc1. The highest BCUT2D eigenvalue weighted by Crippen LogP contribution is 2.52. The summed E-state index contributed by atoms with van der Waals surface area (Å²) in [5.41, 5.74) is 1.45. The molecule has 4 heteroatoms. The van der Waals surface area contributed by atoms with E-state index >= 15 is 0 Å². The Morgan fingerprint density at radius 3 is 2.42 bits per heavy atom. The van der Waals surface area contributed by atoms with Gasteiger partial charge in [-0.05, 0) is 74.1 Å². The molecule has 3 fully saturated rings. The molecule has 3 atom stereocenters. The van der Waals surface area contributed by atoms with Gasteiger partial charge in [0.05, 0.1) is 6.61 Å². The number of hydrogen-bond acceptors (Lipinski definition) is 4. The van der Waals surface area contributed by atoms with Crippen molar-refractivity contribution < 1.29 is 4.74 Å². The van der Waals surface area contributed by atoms with Gasteiger partial charge in [-0.1, -0.05) is 18.6 Å². The van der Waals surface area contributed by atoms with E-state index in [9.17, 15) is 0 Å². The second-order valence-electron chi connectivity index (χ2n) is 8.36. The van der Waals surface area contributed by atoms with E-state index in [2.05, 4.69) is 40.3 Å². The van der Waals surface area contributed by atoms with Gasteiger partial charge < -0.3 is 9.64 Å². The molecule has 4 rings (SSSR count). The van der Waals surface area contributed by atoms with Gasteiger partial charge in [-0.25, -0.2) is 0 Å². The summed E-state index contributed by atoms with van der Waals surface area (Å²) in [4.78, 5) is 6.61. The fraction of sp³-hybridized carbons (Fsp3) is 0.727. The minimum absolute atomic E-state index is 0.847. The first-order chi connectivity index (χ1) is 12.8. The molecule has 0 N–H and O–H groups in total. The Balaban J connectivity index is 1.07. The van der Waals surface area contributed by atoms with E-state index in [4.69, 9.17) is 4.74 Å². The molecular formula is C22H34N2OS. The van der Waals surface area contributed by atoms with Gasteiger partial charge in [0.2, 0.25) is 0 Å². The third-order valence-corrected chi connectivity index (χ3v) is 7.28. The summed E-state index contributed by atoms with van der Waals surface area (Å²) < 4.78 is 6.02. The van der Waals surface area contributed by atoms with Crippen LogP contribution < -0.4 is 0 Å². The van der Waals surface area contributed by atoms with Gasteiger partial charge in [0, 0.05) is 37.7 Å². The van der Waals surface area contributed by atoms with Crippen LogP contribution in [0.15, 0.2) is 29.2 Å². The molecule has 1 aromatic rings. The number of benzene rings is 1. The van der Waals surface area contributed by atoms with Crippen molar-refractivity contribution in [3.63, 3.8) is 0 Å². The predicted octanol–water partition coefficient (Wildman–Crippen LogP) is 3.98. The first kappa shape index (κ1) is 18.8. The van der Waals surface area contributed by atoms with Crippen molar-refractivity contribution in [3.05, 3.63) is 29.8 Å². The van der Waals surface area contributed by atoms with Crippen LogP contribution in [0.25, 0.3) is 0 Å². The molecule has 0 unspecified atom stereocenters. The van der Waals surface area contributed by atoms with Crippen molar-refractivity contribution in [2.24, 2.45) is 17.8 Å². The zero-order valence-corrected chi connectivity index (χ0v) is 17.1. The summed E-state index contributed by atoms with van der Waals surface area (Å²) in [6, 6.07) is 9.08. The lowest BCUT2D eigenvalue weighted by atomic mass is 10.1. The second-order valence-corrected chi connectivity index (χ2v) is 9.24. The maximum Gasteiger partial charge on any atom is 0.0500 e. The highest BCUT2D eigenvalue weighted by molar-refractivity contribution is 7.98. The third-order valence-electron chi connectivity index (χ3n) is 6.53. The Kier molecular flexibility index (Phi) is 6.57. The highest BCUT2D eigenvalue weighted by atomic mass is 32.2. The fourth-order valence-electron chi connectivity index (χ4n) is 4.89. The standard InChI is InChI=1S/C22H34N2OS/c1-26-19-8-6-18(7-9-19)14-24-15-20-21(16-24)22(20)17-25-13-5-12-23-10-3-2-4-11-23/h6-9,20-22H,2-5,10-17H2,1H3/t20-,21+,22+. The summed E-state index contributed by atoms with van der Waals surface area (Å²) in [6.07, 6.45) is 7.56. The minimum atomic E-state index is 0.847. The first-order valence-corrected chi connectivity index (χ1v) is 11.7. The van der Waals surface area contributed by atoms with E-state index in [1.807, 2.05) is 11.8 Å². The maximum absolute atomic E-state index is 6.02. The Hall–Kier alpha value is -0.550. The molecular weight excluding hydrogens is 340 g/mol. The van der Waals surface area contributed by atoms with Gasteiger partial charge in [0.15, 0.2) is 0 Å². The molecule has 1 aromatic carbocycles. The predicted molar refractivity (Wildman–Crippen MR) is 110 cm³/mol. The van der Waals surface area contributed by atoms with E-state index in [0.717, 1.165) is 37.5 Å². The first-order valence-electron chi connectivity index (χ1n) is 10.5. The van der Waals surface area contributed by atoms with Crippen molar-refractivity contribution in [2.75, 3.05) is 52.2 Å². The molecule has 3 nitrogen and oxygen atoms in total. The Bertz CT molecular complexity index is 546. The minimum Gasteiger partial charge on any atom is -0.381 e. The van der Waals surface area contributed by atoms with Crippen LogP contribution in [-0.4, -0.2) is 62.0 Å². The van der Waals surface area contributed by atoms with Crippen LogP contribution in [0.3, 0.4) is 0 Å². The van der Waals surface area contributed by atoms with Crippen LogP contribution in [0.1, 0.15) is 31.2 Å². The summed E-state index contributed by atoms with van der Waals surface area (Å²) in [6.45, 7) is 9.48. The summed E-state index contributed by atoms with van der Waals surface area (Å²) in [5.74, 6) is 2.66. The number of nitrogens with zero attached hydrogens (tertiary/aromatic N) is 2. The van der Waals surface area contributed by atoms with Gasteiger partial charge in [-0.3, -0.25) is 4.90 Å². The Morgan fingerprint density at radius 2 is 1.73 bits per heavy atom. The Labute approximate surface area is 163 Å². The van der Waals surface area contributed by atoms with Crippen molar-refractivity contribution in [1.29, 1.82) is 0 Å². The van der Waals surface area contributed by atoms with Crippen LogP contribution in [0.2, 0.25) is 0 Å². The lowest BCUT2D eigenvalue weighted by Crippen LogP contribution is -2.31. The molecule has 3 aliphatic rings. The number of rotatable bonds is 9. The molecule has 2 aliphatic heterocycles. The number of fused-ring (bicyclic) bond motifs is 1. The monoisotopic (exact) mass is 374 g/mol. The van der Waals surface area contributed by atoms with E-state index in [1.165, 1.54) is 68.9 Å². The van der Waals surface area contributed by atoms with Gasteiger partial charge in [0.1, 0.15) is 0 Å². The number of piperidine rings is 2. The van der Waals surface area contributed by atoms with Crippen LogP contribution in [-0.2, 0) is 11.3 Å². The molecule has 144 valence electrons. The molecule has 0 spiro atoms. The van der Waals surface area contributed by atoms with Crippen molar-refractivity contribution in [2.45, 2.75) is 37.1 Å². The van der Waals surface area contributed by atoms with E-state index in [1.54, 1.807) is 0 Å². The molecule has 0 radical (unpaired) electrons. The number of hydrogen-bond donors (Lipinski definition) is 0. The molecule has 1 saturated carbocycles. The van der Waals surface area contributed by atoms with Crippen molar-refractivity contribution in [1.82, 2.24) is 9.80 Å².